The second kappa shape index (κ2) is 6.66. The first-order valence-electron chi connectivity index (χ1n) is 7.75. The Morgan fingerprint density at radius 3 is 2.38 bits per heavy atom. The van der Waals surface area contributed by atoms with Gasteiger partial charge in [0.25, 0.3) is 11.6 Å². The van der Waals surface area contributed by atoms with Crippen molar-refractivity contribution in [2.24, 2.45) is 0 Å². The van der Waals surface area contributed by atoms with E-state index in [1.807, 2.05) is 12.1 Å². The summed E-state index contributed by atoms with van der Waals surface area (Å²) in [5.41, 5.74) is 2.13. The molecule has 0 aliphatic carbocycles. The van der Waals surface area contributed by atoms with E-state index in [0.29, 0.717) is 24.2 Å². The number of amides is 1. The summed E-state index contributed by atoms with van der Waals surface area (Å²) in [7, 11) is 0. The summed E-state index contributed by atoms with van der Waals surface area (Å²) in [5.74, 6) is -0.0811. The Morgan fingerprint density at radius 1 is 1.12 bits per heavy atom. The molecule has 1 aromatic heterocycles. The lowest BCUT2D eigenvalue weighted by Gasteiger charge is -2.36. The van der Waals surface area contributed by atoms with E-state index in [4.69, 9.17) is 0 Å². The van der Waals surface area contributed by atoms with E-state index in [1.165, 1.54) is 12.1 Å². The van der Waals surface area contributed by atoms with E-state index < -0.39 is 4.92 Å². The van der Waals surface area contributed by atoms with Crippen molar-refractivity contribution >= 4 is 17.3 Å². The normalized spacial score (nSPS) is 14.5. The molecule has 2 aromatic rings. The third kappa shape index (κ3) is 3.19. The molecule has 0 N–H and O–H groups in total. The van der Waals surface area contributed by atoms with Crippen LogP contribution in [0, 0.1) is 17.0 Å². The number of carbonyl (C=O) groups excluding carboxylic acids is 1. The van der Waals surface area contributed by atoms with Gasteiger partial charge in [-0.05, 0) is 31.2 Å². The molecule has 2 heterocycles. The van der Waals surface area contributed by atoms with Gasteiger partial charge in [-0.1, -0.05) is 0 Å². The summed E-state index contributed by atoms with van der Waals surface area (Å²) in [4.78, 5) is 31.1. The fourth-order valence-electron chi connectivity index (χ4n) is 2.90. The molecule has 1 amide bonds. The summed E-state index contributed by atoms with van der Waals surface area (Å²) in [6.45, 7) is 4.40. The molecule has 0 saturated carbocycles. The number of nitro benzene ring substituents is 1. The lowest BCUT2D eigenvalue weighted by molar-refractivity contribution is -0.385. The van der Waals surface area contributed by atoms with Crippen LogP contribution in [0.15, 0.2) is 42.7 Å². The molecular formula is C17H18N4O3. The van der Waals surface area contributed by atoms with Crippen LogP contribution in [0.5, 0.6) is 0 Å². The third-order valence-electron chi connectivity index (χ3n) is 4.24. The largest absolute Gasteiger partial charge is 0.368 e. The van der Waals surface area contributed by atoms with Crippen LogP contribution in [0.3, 0.4) is 0 Å². The molecule has 24 heavy (non-hydrogen) atoms. The molecule has 0 atom stereocenters. The monoisotopic (exact) mass is 326 g/mol. The minimum atomic E-state index is -0.433. The van der Waals surface area contributed by atoms with Gasteiger partial charge in [0.15, 0.2) is 0 Å². The molecule has 0 radical (unpaired) electrons. The van der Waals surface area contributed by atoms with Gasteiger partial charge in [0.2, 0.25) is 0 Å². The number of aryl methyl sites for hydroxylation is 1. The molecule has 7 nitrogen and oxygen atoms in total. The Hall–Kier alpha value is -2.96. The number of carbonyl (C=O) groups is 1. The number of aromatic nitrogens is 1. The number of hydrogen-bond donors (Lipinski definition) is 0. The zero-order valence-electron chi connectivity index (χ0n) is 13.4. The number of anilines is 1. The highest BCUT2D eigenvalue weighted by Crippen LogP contribution is 2.21. The van der Waals surface area contributed by atoms with Crippen LogP contribution in [0.25, 0.3) is 0 Å². The molecule has 1 saturated heterocycles. The van der Waals surface area contributed by atoms with E-state index in [9.17, 15) is 14.9 Å². The van der Waals surface area contributed by atoms with Gasteiger partial charge in [0, 0.05) is 61.5 Å². The van der Waals surface area contributed by atoms with Gasteiger partial charge >= 0.3 is 0 Å². The number of rotatable bonds is 3. The standard InChI is InChI=1S/C17H18N4O3/c1-13-12-14(2-3-16(13)21(23)24)17(22)20-10-8-19(9-11-20)15-4-6-18-7-5-15/h2-7,12H,8-11H2,1H3. The van der Waals surface area contributed by atoms with E-state index in [1.54, 1.807) is 30.3 Å². The van der Waals surface area contributed by atoms with Crippen LogP contribution in [0.2, 0.25) is 0 Å². The first kappa shape index (κ1) is 15.9. The maximum atomic E-state index is 12.6. The van der Waals surface area contributed by atoms with Gasteiger partial charge in [-0.15, -0.1) is 0 Å². The van der Waals surface area contributed by atoms with Gasteiger partial charge in [-0.2, -0.15) is 0 Å². The van der Waals surface area contributed by atoms with E-state index >= 15 is 0 Å². The predicted octanol–water partition coefficient (Wildman–Crippen LogP) is 2.26. The number of pyridine rings is 1. The van der Waals surface area contributed by atoms with Crippen molar-refractivity contribution in [1.29, 1.82) is 0 Å². The lowest BCUT2D eigenvalue weighted by atomic mass is 10.1. The van der Waals surface area contributed by atoms with Crippen molar-refractivity contribution in [3.63, 3.8) is 0 Å². The van der Waals surface area contributed by atoms with E-state index in [-0.39, 0.29) is 11.6 Å². The highest BCUT2D eigenvalue weighted by Gasteiger charge is 2.23. The van der Waals surface area contributed by atoms with Gasteiger partial charge < -0.3 is 9.80 Å². The van der Waals surface area contributed by atoms with Crippen LogP contribution in [0.4, 0.5) is 11.4 Å². The minimum Gasteiger partial charge on any atom is -0.368 e. The zero-order valence-corrected chi connectivity index (χ0v) is 13.4. The molecule has 7 heteroatoms. The Balaban J connectivity index is 1.67. The summed E-state index contributed by atoms with van der Waals surface area (Å²) < 4.78 is 0. The molecule has 0 bridgehead atoms. The first-order valence-corrected chi connectivity index (χ1v) is 7.75. The Kier molecular flexibility index (Phi) is 4.41. The molecule has 3 rings (SSSR count). The van der Waals surface area contributed by atoms with Crippen molar-refractivity contribution in [2.75, 3.05) is 31.1 Å². The number of nitro groups is 1. The Morgan fingerprint density at radius 2 is 1.79 bits per heavy atom. The molecule has 1 aromatic carbocycles. The molecule has 124 valence electrons. The molecule has 0 spiro atoms. The molecule has 1 aliphatic rings. The van der Waals surface area contributed by atoms with E-state index in [0.717, 1.165) is 18.8 Å². The molecular weight excluding hydrogens is 308 g/mol. The summed E-state index contributed by atoms with van der Waals surface area (Å²) >= 11 is 0. The summed E-state index contributed by atoms with van der Waals surface area (Å²) in [5, 5.41) is 10.9. The molecule has 0 unspecified atom stereocenters. The smallest absolute Gasteiger partial charge is 0.272 e. The third-order valence-corrected chi connectivity index (χ3v) is 4.24. The topological polar surface area (TPSA) is 79.6 Å². The molecule has 1 fully saturated rings. The fraction of sp³-hybridized carbons (Fsp3) is 0.294. The van der Waals surface area contributed by atoms with Crippen LogP contribution in [0.1, 0.15) is 15.9 Å². The Labute approximate surface area is 139 Å². The maximum Gasteiger partial charge on any atom is 0.272 e. The summed E-state index contributed by atoms with van der Waals surface area (Å²) in [6, 6.07) is 8.43. The van der Waals surface area contributed by atoms with E-state index in [2.05, 4.69) is 9.88 Å². The summed E-state index contributed by atoms with van der Waals surface area (Å²) in [6.07, 6.45) is 3.51. The van der Waals surface area contributed by atoms with Crippen molar-refractivity contribution < 1.29 is 9.72 Å². The van der Waals surface area contributed by atoms with Crippen LogP contribution >= 0.6 is 0 Å². The minimum absolute atomic E-state index is 0.0362. The first-order chi connectivity index (χ1) is 11.6. The van der Waals surface area contributed by atoms with Crippen molar-refractivity contribution in [1.82, 2.24) is 9.88 Å². The van der Waals surface area contributed by atoms with Gasteiger partial charge in [0.05, 0.1) is 4.92 Å². The quantitative estimate of drug-likeness (QED) is 0.638. The van der Waals surface area contributed by atoms with Gasteiger partial charge in [0.1, 0.15) is 0 Å². The second-order valence-electron chi connectivity index (χ2n) is 5.74. The Bertz CT molecular complexity index is 756. The van der Waals surface area contributed by atoms with Gasteiger partial charge in [-0.25, -0.2) is 0 Å². The number of hydrogen-bond acceptors (Lipinski definition) is 5. The number of piperazine rings is 1. The van der Waals surface area contributed by atoms with Crippen LogP contribution < -0.4 is 4.90 Å². The van der Waals surface area contributed by atoms with Crippen molar-refractivity contribution in [3.05, 3.63) is 64.0 Å². The lowest BCUT2D eigenvalue weighted by Crippen LogP contribution is -2.48. The zero-order chi connectivity index (χ0) is 17.1. The number of nitrogens with zero attached hydrogens (tertiary/aromatic N) is 4. The SMILES string of the molecule is Cc1cc(C(=O)N2CCN(c3ccncc3)CC2)ccc1[N+](=O)[O-]. The second-order valence-corrected chi connectivity index (χ2v) is 5.74. The molecule has 1 aliphatic heterocycles. The van der Waals surface area contributed by atoms with Crippen molar-refractivity contribution in [2.45, 2.75) is 6.92 Å². The fourth-order valence-corrected chi connectivity index (χ4v) is 2.90. The highest BCUT2D eigenvalue weighted by atomic mass is 16.6. The highest BCUT2D eigenvalue weighted by molar-refractivity contribution is 5.95. The van der Waals surface area contributed by atoms with Crippen LogP contribution in [-0.4, -0.2) is 46.9 Å². The predicted molar refractivity (Wildman–Crippen MR) is 90.2 cm³/mol. The van der Waals surface area contributed by atoms with Crippen molar-refractivity contribution in [3.8, 4) is 0 Å². The average Bonchev–Trinajstić information content (AvgIpc) is 2.61. The average molecular weight is 326 g/mol. The van der Waals surface area contributed by atoms with Crippen LogP contribution in [-0.2, 0) is 0 Å². The maximum absolute atomic E-state index is 12.6. The van der Waals surface area contributed by atoms with Gasteiger partial charge in [-0.3, -0.25) is 19.9 Å². The number of benzene rings is 1.